The van der Waals surface area contributed by atoms with Crippen molar-refractivity contribution < 1.29 is 4.79 Å². The Kier molecular flexibility index (Phi) is 5.99. The van der Waals surface area contributed by atoms with Gasteiger partial charge in [0.25, 0.3) is 5.91 Å². The zero-order valence-electron chi connectivity index (χ0n) is 16.7. The highest BCUT2D eigenvalue weighted by atomic mass is 16.2. The number of aromatic nitrogens is 3. The van der Waals surface area contributed by atoms with Crippen molar-refractivity contribution in [3.8, 4) is 0 Å². The highest BCUT2D eigenvalue weighted by Crippen LogP contribution is 2.24. The number of amides is 1. The zero-order chi connectivity index (χ0) is 20.1. The SMILES string of the molecule is Cc1cc(C)c(Nc2cnc(C(=O)N(C)CCc3ccncc3)cn2)c(C)c1. The zero-order valence-corrected chi connectivity index (χ0v) is 16.7. The number of carbonyl (C=O) groups is 1. The number of aryl methyl sites for hydroxylation is 3. The van der Waals surface area contributed by atoms with Gasteiger partial charge in [0.2, 0.25) is 0 Å². The molecule has 1 amide bonds. The monoisotopic (exact) mass is 375 g/mol. The number of hydrogen-bond acceptors (Lipinski definition) is 5. The van der Waals surface area contributed by atoms with Gasteiger partial charge in [-0.1, -0.05) is 17.7 Å². The van der Waals surface area contributed by atoms with Gasteiger partial charge in [-0.15, -0.1) is 0 Å². The van der Waals surface area contributed by atoms with E-state index in [4.69, 9.17) is 0 Å². The maximum Gasteiger partial charge on any atom is 0.273 e. The highest BCUT2D eigenvalue weighted by Gasteiger charge is 2.14. The van der Waals surface area contributed by atoms with Crippen LogP contribution in [0.15, 0.2) is 49.1 Å². The number of pyridine rings is 1. The van der Waals surface area contributed by atoms with Crippen molar-refractivity contribution in [2.75, 3.05) is 18.9 Å². The molecule has 1 aromatic carbocycles. The first-order valence-corrected chi connectivity index (χ1v) is 9.25. The van der Waals surface area contributed by atoms with E-state index in [1.165, 1.54) is 11.8 Å². The molecule has 2 aromatic heterocycles. The van der Waals surface area contributed by atoms with E-state index >= 15 is 0 Å². The van der Waals surface area contributed by atoms with Gasteiger partial charge in [-0.25, -0.2) is 9.97 Å². The molecule has 0 radical (unpaired) electrons. The molecule has 3 aromatic rings. The van der Waals surface area contributed by atoms with Crippen LogP contribution < -0.4 is 5.32 Å². The van der Waals surface area contributed by atoms with Crippen LogP contribution in [0.1, 0.15) is 32.7 Å². The van der Waals surface area contributed by atoms with E-state index in [0.29, 0.717) is 18.1 Å². The molecule has 0 spiro atoms. The fraction of sp³-hybridized carbons (Fsp3) is 0.273. The summed E-state index contributed by atoms with van der Waals surface area (Å²) in [6.07, 6.45) is 7.40. The summed E-state index contributed by atoms with van der Waals surface area (Å²) in [7, 11) is 1.77. The first-order chi connectivity index (χ1) is 13.4. The molecule has 0 fully saturated rings. The van der Waals surface area contributed by atoms with E-state index in [1.807, 2.05) is 12.1 Å². The second-order valence-electron chi connectivity index (χ2n) is 7.02. The lowest BCUT2D eigenvalue weighted by atomic mass is 10.1. The van der Waals surface area contributed by atoms with Gasteiger partial charge in [0.15, 0.2) is 0 Å². The average Bonchev–Trinajstić information content (AvgIpc) is 2.69. The molecule has 1 N–H and O–H groups in total. The Morgan fingerprint density at radius 3 is 2.32 bits per heavy atom. The second kappa shape index (κ2) is 8.61. The van der Waals surface area contributed by atoms with E-state index < -0.39 is 0 Å². The van der Waals surface area contributed by atoms with Crippen molar-refractivity contribution in [2.24, 2.45) is 0 Å². The lowest BCUT2D eigenvalue weighted by molar-refractivity contribution is 0.0790. The van der Waals surface area contributed by atoms with Crippen molar-refractivity contribution in [3.63, 3.8) is 0 Å². The van der Waals surface area contributed by atoms with Crippen LogP contribution in [0.25, 0.3) is 0 Å². The predicted octanol–water partition coefficient (Wildman–Crippen LogP) is 3.86. The predicted molar refractivity (Wildman–Crippen MR) is 111 cm³/mol. The Morgan fingerprint density at radius 2 is 1.71 bits per heavy atom. The maximum absolute atomic E-state index is 12.6. The Hall–Kier alpha value is -3.28. The molecule has 6 heteroatoms. The molecule has 144 valence electrons. The van der Waals surface area contributed by atoms with Gasteiger partial charge in [0.1, 0.15) is 11.5 Å². The Bertz CT molecular complexity index is 931. The normalized spacial score (nSPS) is 10.6. The van der Waals surface area contributed by atoms with Gasteiger partial charge >= 0.3 is 0 Å². The standard InChI is InChI=1S/C22H25N5O/c1-15-11-16(2)21(17(3)12-15)26-20-14-24-19(13-25-20)22(28)27(4)10-7-18-5-8-23-9-6-18/h5-6,8-9,11-14H,7,10H2,1-4H3,(H,25,26). The minimum absolute atomic E-state index is 0.143. The van der Waals surface area contributed by atoms with Crippen molar-refractivity contribution in [3.05, 3.63) is 77.0 Å². The summed E-state index contributed by atoms with van der Waals surface area (Å²) >= 11 is 0. The number of anilines is 2. The molecule has 28 heavy (non-hydrogen) atoms. The topological polar surface area (TPSA) is 71.0 Å². The van der Waals surface area contributed by atoms with Gasteiger partial charge in [-0.3, -0.25) is 9.78 Å². The minimum Gasteiger partial charge on any atom is -0.340 e. The van der Waals surface area contributed by atoms with Crippen LogP contribution in [0.5, 0.6) is 0 Å². The van der Waals surface area contributed by atoms with Crippen LogP contribution in [-0.4, -0.2) is 39.4 Å². The lowest BCUT2D eigenvalue weighted by Crippen LogP contribution is -2.29. The highest BCUT2D eigenvalue weighted by molar-refractivity contribution is 5.92. The number of benzene rings is 1. The summed E-state index contributed by atoms with van der Waals surface area (Å²) < 4.78 is 0. The smallest absolute Gasteiger partial charge is 0.273 e. The van der Waals surface area contributed by atoms with E-state index in [9.17, 15) is 4.79 Å². The van der Waals surface area contributed by atoms with Crippen LogP contribution >= 0.6 is 0 Å². The summed E-state index contributed by atoms with van der Waals surface area (Å²) in [6.45, 7) is 6.80. The Labute approximate surface area is 165 Å². The minimum atomic E-state index is -0.143. The molecule has 3 rings (SSSR count). The van der Waals surface area contributed by atoms with E-state index in [1.54, 1.807) is 30.5 Å². The van der Waals surface area contributed by atoms with Crippen LogP contribution in [0.4, 0.5) is 11.5 Å². The first kappa shape index (κ1) is 19.5. The third-order valence-corrected chi connectivity index (χ3v) is 4.63. The lowest BCUT2D eigenvalue weighted by Gasteiger charge is -2.17. The molecule has 0 aliphatic rings. The van der Waals surface area contributed by atoms with Crippen LogP contribution in [0, 0.1) is 20.8 Å². The maximum atomic E-state index is 12.6. The Morgan fingerprint density at radius 1 is 1.04 bits per heavy atom. The molecular formula is C22H25N5O. The van der Waals surface area contributed by atoms with Crippen molar-refractivity contribution in [1.82, 2.24) is 19.9 Å². The van der Waals surface area contributed by atoms with E-state index in [0.717, 1.165) is 28.8 Å². The van der Waals surface area contributed by atoms with E-state index in [2.05, 4.69) is 53.2 Å². The molecule has 0 unspecified atom stereocenters. The molecule has 0 saturated carbocycles. The molecule has 6 nitrogen and oxygen atoms in total. The molecular weight excluding hydrogens is 350 g/mol. The summed E-state index contributed by atoms with van der Waals surface area (Å²) in [5.74, 6) is 0.474. The average molecular weight is 375 g/mol. The number of nitrogens with zero attached hydrogens (tertiary/aromatic N) is 4. The van der Waals surface area contributed by atoms with Gasteiger partial charge in [-0.2, -0.15) is 0 Å². The van der Waals surface area contributed by atoms with Crippen LogP contribution in [0.2, 0.25) is 0 Å². The van der Waals surface area contributed by atoms with Crippen LogP contribution in [0.3, 0.4) is 0 Å². The van der Waals surface area contributed by atoms with Crippen molar-refractivity contribution in [1.29, 1.82) is 0 Å². The molecule has 0 saturated heterocycles. The van der Waals surface area contributed by atoms with Crippen LogP contribution in [-0.2, 0) is 6.42 Å². The van der Waals surface area contributed by atoms with Gasteiger partial charge in [0, 0.05) is 31.7 Å². The third-order valence-electron chi connectivity index (χ3n) is 4.63. The fourth-order valence-electron chi connectivity index (χ4n) is 3.15. The fourth-order valence-corrected chi connectivity index (χ4v) is 3.15. The summed E-state index contributed by atoms with van der Waals surface area (Å²) in [5.41, 5.74) is 6.02. The third kappa shape index (κ3) is 4.71. The molecule has 0 aliphatic heterocycles. The quantitative estimate of drug-likeness (QED) is 0.708. The van der Waals surface area contributed by atoms with E-state index in [-0.39, 0.29) is 5.91 Å². The summed E-state index contributed by atoms with van der Waals surface area (Å²) in [6, 6.07) is 8.15. The summed E-state index contributed by atoms with van der Waals surface area (Å²) in [5, 5.41) is 3.31. The number of hydrogen-bond donors (Lipinski definition) is 1. The number of carbonyl (C=O) groups excluding carboxylic acids is 1. The molecule has 0 bridgehead atoms. The van der Waals surface area contributed by atoms with Gasteiger partial charge < -0.3 is 10.2 Å². The number of likely N-dealkylation sites (N-methyl/N-ethyl adjacent to an activating group) is 1. The Balaban J connectivity index is 1.64. The molecule has 0 aliphatic carbocycles. The molecule has 0 atom stereocenters. The second-order valence-corrected chi connectivity index (χ2v) is 7.02. The summed E-state index contributed by atoms with van der Waals surface area (Å²) in [4.78, 5) is 26.9. The number of rotatable bonds is 6. The molecule has 2 heterocycles. The van der Waals surface area contributed by atoms with Crippen molar-refractivity contribution >= 4 is 17.4 Å². The first-order valence-electron chi connectivity index (χ1n) is 9.25. The largest absolute Gasteiger partial charge is 0.340 e. The van der Waals surface area contributed by atoms with Gasteiger partial charge in [0.05, 0.1) is 12.4 Å². The van der Waals surface area contributed by atoms with Gasteiger partial charge in [-0.05, 0) is 56.0 Å². The number of nitrogens with one attached hydrogen (secondary N) is 1. The van der Waals surface area contributed by atoms with Crippen molar-refractivity contribution in [2.45, 2.75) is 27.2 Å².